The molecular weight excluding hydrogens is 138 g/mol. The summed E-state index contributed by atoms with van der Waals surface area (Å²) in [6, 6.07) is 4.13. The van der Waals surface area contributed by atoms with E-state index in [1.165, 1.54) is 0 Å². The largest absolute Gasteiger partial charge is 0.364 e. The normalized spacial score (nSPS) is 9.82. The van der Waals surface area contributed by atoms with Gasteiger partial charge in [0.05, 0.1) is 0 Å². The minimum atomic E-state index is 1.13. The molecule has 0 aliphatic heterocycles. The van der Waals surface area contributed by atoms with Crippen LogP contribution >= 0.6 is 0 Å². The zero-order valence-electron chi connectivity index (χ0n) is 7.55. The van der Waals surface area contributed by atoms with Gasteiger partial charge in [0.2, 0.25) is 0 Å². The molecule has 62 valence electrons. The molecule has 0 saturated heterocycles. The molecule has 1 aromatic heterocycles. The summed E-state index contributed by atoms with van der Waals surface area (Å²) in [4.78, 5) is 7.36. The monoisotopic (exact) mass is 153 g/mol. The Labute approximate surface area is 67.6 Å². The van der Waals surface area contributed by atoms with E-state index in [4.69, 9.17) is 0 Å². The molecule has 0 aliphatic carbocycles. The van der Waals surface area contributed by atoms with Gasteiger partial charge in [-0.05, 0) is 12.1 Å². The standard InChI is InChI=1S/C8H15N3/c1-10(2)7-5-6-8(9-7)11(3)4/h5-6,9H,1-4H3. The van der Waals surface area contributed by atoms with Gasteiger partial charge in [0.25, 0.3) is 0 Å². The molecule has 0 saturated carbocycles. The van der Waals surface area contributed by atoms with Crippen molar-refractivity contribution in [2.45, 2.75) is 0 Å². The van der Waals surface area contributed by atoms with E-state index in [1.807, 2.05) is 38.0 Å². The number of nitrogens with one attached hydrogen (secondary N) is 1. The second kappa shape index (κ2) is 2.86. The fourth-order valence-corrected chi connectivity index (χ4v) is 0.894. The van der Waals surface area contributed by atoms with Crippen molar-refractivity contribution >= 4 is 11.6 Å². The Hall–Kier alpha value is -1.12. The number of anilines is 2. The van der Waals surface area contributed by atoms with Gasteiger partial charge in [-0.25, -0.2) is 0 Å². The highest BCUT2D eigenvalue weighted by molar-refractivity contribution is 5.50. The van der Waals surface area contributed by atoms with Crippen molar-refractivity contribution in [1.82, 2.24) is 4.98 Å². The lowest BCUT2D eigenvalue weighted by Crippen LogP contribution is -2.11. The maximum Gasteiger partial charge on any atom is 0.106 e. The molecular formula is C8H15N3. The predicted octanol–water partition coefficient (Wildman–Crippen LogP) is 1.15. The van der Waals surface area contributed by atoms with Crippen LogP contribution in [-0.2, 0) is 0 Å². The van der Waals surface area contributed by atoms with Crippen LogP contribution in [0.2, 0.25) is 0 Å². The first kappa shape index (κ1) is 7.98. The summed E-state index contributed by atoms with van der Waals surface area (Å²) in [6.07, 6.45) is 0. The van der Waals surface area contributed by atoms with Gasteiger partial charge in [0.1, 0.15) is 11.6 Å². The number of hydrogen-bond donors (Lipinski definition) is 1. The summed E-state index contributed by atoms with van der Waals surface area (Å²) in [6.45, 7) is 0. The first-order valence-corrected chi connectivity index (χ1v) is 3.65. The summed E-state index contributed by atoms with van der Waals surface area (Å²) in [7, 11) is 8.08. The molecule has 3 heteroatoms. The number of nitrogens with zero attached hydrogens (tertiary/aromatic N) is 2. The molecule has 0 amide bonds. The molecule has 0 atom stereocenters. The van der Waals surface area contributed by atoms with E-state index in [0.29, 0.717) is 0 Å². The van der Waals surface area contributed by atoms with Gasteiger partial charge >= 0.3 is 0 Å². The highest BCUT2D eigenvalue weighted by Gasteiger charge is 1.99. The summed E-state index contributed by atoms with van der Waals surface area (Å²) < 4.78 is 0. The third-order valence-electron chi connectivity index (χ3n) is 1.62. The van der Waals surface area contributed by atoms with Gasteiger partial charge in [-0.3, -0.25) is 0 Å². The van der Waals surface area contributed by atoms with E-state index in [-0.39, 0.29) is 0 Å². The van der Waals surface area contributed by atoms with Crippen LogP contribution in [0.5, 0.6) is 0 Å². The highest BCUT2D eigenvalue weighted by atomic mass is 15.2. The lowest BCUT2D eigenvalue weighted by Gasteiger charge is -2.11. The Kier molecular flexibility index (Phi) is 2.08. The quantitative estimate of drug-likeness (QED) is 0.688. The zero-order valence-corrected chi connectivity index (χ0v) is 7.55. The highest BCUT2D eigenvalue weighted by Crippen LogP contribution is 2.15. The summed E-state index contributed by atoms with van der Waals surface area (Å²) in [5.41, 5.74) is 0. The summed E-state index contributed by atoms with van der Waals surface area (Å²) >= 11 is 0. The number of rotatable bonds is 2. The van der Waals surface area contributed by atoms with E-state index in [9.17, 15) is 0 Å². The molecule has 1 aromatic rings. The predicted molar refractivity (Wildman–Crippen MR) is 49.4 cm³/mol. The number of hydrogen-bond acceptors (Lipinski definition) is 2. The fraction of sp³-hybridized carbons (Fsp3) is 0.500. The van der Waals surface area contributed by atoms with Crippen LogP contribution in [-0.4, -0.2) is 33.2 Å². The molecule has 3 nitrogen and oxygen atoms in total. The van der Waals surface area contributed by atoms with Gasteiger partial charge in [-0.1, -0.05) is 0 Å². The minimum absolute atomic E-state index is 1.13. The van der Waals surface area contributed by atoms with Gasteiger partial charge in [-0.2, -0.15) is 0 Å². The van der Waals surface area contributed by atoms with Crippen molar-refractivity contribution in [3.63, 3.8) is 0 Å². The Bertz CT molecular complexity index is 202. The molecule has 0 spiro atoms. The summed E-state index contributed by atoms with van der Waals surface area (Å²) in [5.74, 6) is 2.27. The molecule has 0 aromatic carbocycles. The van der Waals surface area contributed by atoms with Crippen molar-refractivity contribution in [2.75, 3.05) is 38.0 Å². The van der Waals surface area contributed by atoms with Crippen molar-refractivity contribution in [1.29, 1.82) is 0 Å². The van der Waals surface area contributed by atoms with Gasteiger partial charge < -0.3 is 14.8 Å². The third-order valence-corrected chi connectivity index (χ3v) is 1.62. The van der Waals surface area contributed by atoms with Crippen LogP contribution < -0.4 is 9.80 Å². The first-order valence-electron chi connectivity index (χ1n) is 3.65. The summed E-state index contributed by atoms with van der Waals surface area (Å²) in [5, 5.41) is 0. The molecule has 1 rings (SSSR count). The van der Waals surface area contributed by atoms with Crippen LogP contribution in [0.1, 0.15) is 0 Å². The maximum absolute atomic E-state index is 3.26. The van der Waals surface area contributed by atoms with E-state index >= 15 is 0 Å². The zero-order chi connectivity index (χ0) is 8.43. The van der Waals surface area contributed by atoms with Crippen LogP contribution in [0, 0.1) is 0 Å². The van der Waals surface area contributed by atoms with E-state index < -0.39 is 0 Å². The van der Waals surface area contributed by atoms with Crippen LogP contribution in [0.4, 0.5) is 11.6 Å². The van der Waals surface area contributed by atoms with E-state index in [0.717, 1.165) is 11.6 Å². The third kappa shape index (κ3) is 1.67. The molecule has 0 bridgehead atoms. The Morgan fingerprint density at radius 2 is 1.27 bits per heavy atom. The topological polar surface area (TPSA) is 22.3 Å². The Balaban J connectivity index is 2.82. The van der Waals surface area contributed by atoms with Gasteiger partial charge in [-0.15, -0.1) is 0 Å². The smallest absolute Gasteiger partial charge is 0.106 e. The molecule has 1 heterocycles. The second-order valence-electron chi connectivity index (χ2n) is 3.02. The maximum atomic E-state index is 3.26. The number of aromatic nitrogens is 1. The molecule has 0 unspecified atom stereocenters. The van der Waals surface area contributed by atoms with Crippen LogP contribution in [0.25, 0.3) is 0 Å². The van der Waals surface area contributed by atoms with Gasteiger partial charge in [0, 0.05) is 28.2 Å². The Morgan fingerprint density at radius 1 is 0.909 bits per heavy atom. The molecule has 1 N–H and O–H groups in total. The first-order chi connectivity index (χ1) is 5.11. The Morgan fingerprint density at radius 3 is 1.45 bits per heavy atom. The van der Waals surface area contributed by atoms with Crippen molar-refractivity contribution in [3.8, 4) is 0 Å². The lowest BCUT2D eigenvalue weighted by atomic mass is 10.5. The molecule has 0 aliphatic rings. The van der Waals surface area contributed by atoms with Crippen molar-refractivity contribution in [3.05, 3.63) is 12.1 Å². The van der Waals surface area contributed by atoms with Crippen LogP contribution in [0.3, 0.4) is 0 Å². The van der Waals surface area contributed by atoms with E-state index in [1.54, 1.807) is 0 Å². The van der Waals surface area contributed by atoms with Crippen LogP contribution in [0.15, 0.2) is 12.1 Å². The molecule has 11 heavy (non-hydrogen) atoms. The second-order valence-corrected chi connectivity index (χ2v) is 3.02. The molecule has 0 fully saturated rings. The van der Waals surface area contributed by atoms with Crippen molar-refractivity contribution in [2.24, 2.45) is 0 Å². The molecule has 0 radical (unpaired) electrons. The lowest BCUT2D eigenvalue weighted by molar-refractivity contribution is 1.05. The fourth-order valence-electron chi connectivity index (χ4n) is 0.894. The SMILES string of the molecule is CN(C)c1ccc(N(C)C)[nH]1. The number of aromatic amines is 1. The average molecular weight is 153 g/mol. The van der Waals surface area contributed by atoms with Gasteiger partial charge in [0.15, 0.2) is 0 Å². The average Bonchev–Trinajstić information content (AvgIpc) is 2.33. The van der Waals surface area contributed by atoms with E-state index in [2.05, 4.69) is 17.1 Å². The minimum Gasteiger partial charge on any atom is -0.364 e. The van der Waals surface area contributed by atoms with Crippen molar-refractivity contribution < 1.29 is 0 Å². The number of H-pyrrole nitrogens is 1.